The van der Waals surface area contributed by atoms with Crippen molar-refractivity contribution >= 4 is 27.8 Å². The Labute approximate surface area is 125 Å². The predicted octanol–water partition coefficient (Wildman–Crippen LogP) is 1.76. The number of carbonyl (C=O) groups excluding carboxylic acids is 1. The molecule has 0 atom stereocenters. The molecular formula is C14H17BrN2O3. The molecule has 1 aromatic rings. The van der Waals surface area contributed by atoms with Gasteiger partial charge in [-0.15, -0.1) is 0 Å². The number of amides is 1. The minimum absolute atomic E-state index is 0.152. The third-order valence-corrected chi connectivity index (χ3v) is 3.90. The van der Waals surface area contributed by atoms with Crippen molar-refractivity contribution in [3.05, 3.63) is 33.8 Å². The zero-order valence-electron chi connectivity index (χ0n) is 11.0. The number of carbonyl (C=O) groups is 2. The van der Waals surface area contributed by atoms with E-state index in [2.05, 4.69) is 26.6 Å². The van der Waals surface area contributed by atoms with Gasteiger partial charge < -0.3 is 15.7 Å². The lowest BCUT2D eigenvalue weighted by Gasteiger charge is -2.08. The molecule has 5 nitrogen and oxygen atoms in total. The summed E-state index contributed by atoms with van der Waals surface area (Å²) in [6.45, 7) is 1.92. The van der Waals surface area contributed by atoms with Crippen LogP contribution < -0.4 is 10.6 Å². The van der Waals surface area contributed by atoms with E-state index in [0.29, 0.717) is 19.6 Å². The van der Waals surface area contributed by atoms with Crippen molar-refractivity contribution in [3.8, 4) is 0 Å². The molecule has 6 heteroatoms. The molecule has 1 fully saturated rings. The van der Waals surface area contributed by atoms with Gasteiger partial charge in [0.15, 0.2) is 0 Å². The lowest BCUT2D eigenvalue weighted by molar-refractivity contribution is -0.122. The molecule has 1 aliphatic rings. The van der Waals surface area contributed by atoms with Gasteiger partial charge in [-0.1, -0.05) is 22.0 Å². The smallest absolute Gasteiger partial charge is 0.335 e. The maximum absolute atomic E-state index is 11.4. The molecule has 1 saturated carbocycles. The molecule has 0 unspecified atom stereocenters. The maximum atomic E-state index is 11.4. The van der Waals surface area contributed by atoms with Crippen LogP contribution in [0.4, 0.5) is 0 Å². The molecular weight excluding hydrogens is 324 g/mol. The van der Waals surface area contributed by atoms with E-state index in [1.165, 1.54) is 0 Å². The van der Waals surface area contributed by atoms with Gasteiger partial charge in [0.2, 0.25) is 5.91 Å². The minimum Gasteiger partial charge on any atom is -0.478 e. The molecule has 0 aliphatic heterocycles. The first kappa shape index (κ1) is 15.0. The predicted molar refractivity (Wildman–Crippen MR) is 78.5 cm³/mol. The Hall–Kier alpha value is -1.40. The van der Waals surface area contributed by atoms with Crippen molar-refractivity contribution in [2.45, 2.75) is 19.4 Å². The van der Waals surface area contributed by atoms with E-state index in [4.69, 9.17) is 5.11 Å². The standard InChI is InChI=1S/C14H17BrN2O3/c15-12-7-10(14(19)20)3-4-11(12)8-16-5-6-17-13(18)9-1-2-9/h3-4,7,9,16H,1-2,5-6,8H2,(H,17,18)(H,19,20). The summed E-state index contributed by atoms with van der Waals surface area (Å²) in [5.74, 6) is -0.542. The third-order valence-electron chi connectivity index (χ3n) is 3.16. The normalized spacial score (nSPS) is 14.1. The lowest BCUT2D eigenvalue weighted by atomic mass is 10.1. The second-order valence-corrected chi connectivity index (χ2v) is 5.71. The van der Waals surface area contributed by atoms with Crippen LogP contribution in [0.5, 0.6) is 0 Å². The summed E-state index contributed by atoms with van der Waals surface area (Å²) in [4.78, 5) is 22.2. The average molecular weight is 341 g/mol. The molecule has 0 heterocycles. The topological polar surface area (TPSA) is 78.4 Å². The minimum atomic E-state index is -0.937. The number of carboxylic acids is 1. The Bertz CT molecular complexity index is 515. The summed E-state index contributed by atoms with van der Waals surface area (Å²) in [5, 5.41) is 15.0. The van der Waals surface area contributed by atoms with Gasteiger partial charge in [-0.3, -0.25) is 4.79 Å². The fraction of sp³-hybridized carbons (Fsp3) is 0.429. The van der Waals surface area contributed by atoms with Crippen LogP contribution in [0.3, 0.4) is 0 Å². The lowest BCUT2D eigenvalue weighted by Crippen LogP contribution is -2.32. The zero-order chi connectivity index (χ0) is 14.5. The van der Waals surface area contributed by atoms with Crippen molar-refractivity contribution in [2.75, 3.05) is 13.1 Å². The number of nitrogens with one attached hydrogen (secondary N) is 2. The summed E-state index contributed by atoms with van der Waals surface area (Å²) in [7, 11) is 0. The van der Waals surface area contributed by atoms with Crippen molar-refractivity contribution < 1.29 is 14.7 Å². The molecule has 20 heavy (non-hydrogen) atoms. The fourth-order valence-corrected chi connectivity index (χ4v) is 2.33. The number of hydrogen-bond donors (Lipinski definition) is 3. The molecule has 0 bridgehead atoms. The van der Waals surface area contributed by atoms with Crippen LogP contribution in [-0.4, -0.2) is 30.1 Å². The second kappa shape index (κ2) is 6.85. The Morgan fingerprint density at radius 3 is 2.65 bits per heavy atom. The van der Waals surface area contributed by atoms with E-state index in [9.17, 15) is 9.59 Å². The summed E-state index contributed by atoms with van der Waals surface area (Å²) < 4.78 is 0.770. The number of aromatic carboxylic acids is 1. The highest BCUT2D eigenvalue weighted by Gasteiger charge is 2.28. The summed E-state index contributed by atoms with van der Waals surface area (Å²) in [5.41, 5.74) is 1.25. The highest BCUT2D eigenvalue weighted by molar-refractivity contribution is 9.10. The fourth-order valence-electron chi connectivity index (χ4n) is 1.81. The Kier molecular flexibility index (Phi) is 5.14. The number of carboxylic acid groups (broad SMARTS) is 1. The zero-order valence-corrected chi connectivity index (χ0v) is 12.6. The molecule has 0 radical (unpaired) electrons. The van der Waals surface area contributed by atoms with Crippen LogP contribution in [-0.2, 0) is 11.3 Å². The molecule has 108 valence electrons. The molecule has 1 amide bonds. The van der Waals surface area contributed by atoms with E-state index < -0.39 is 5.97 Å². The van der Waals surface area contributed by atoms with E-state index in [0.717, 1.165) is 22.9 Å². The summed E-state index contributed by atoms with van der Waals surface area (Å²) in [6, 6.07) is 4.95. The van der Waals surface area contributed by atoms with Crippen LogP contribution >= 0.6 is 15.9 Å². The van der Waals surface area contributed by atoms with Gasteiger partial charge in [0.1, 0.15) is 0 Å². The quantitative estimate of drug-likeness (QED) is 0.661. The second-order valence-electron chi connectivity index (χ2n) is 4.85. The van der Waals surface area contributed by atoms with Gasteiger partial charge in [0.05, 0.1) is 5.56 Å². The number of hydrogen-bond acceptors (Lipinski definition) is 3. The third kappa shape index (κ3) is 4.31. The monoisotopic (exact) mass is 340 g/mol. The number of halogens is 1. The average Bonchev–Trinajstić information content (AvgIpc) is 3.23. The van der Waals surface area contributed by atoms with Crippen molar-refractivity contribution in [1.29, 1.82) is 0 Å². The highest BCUT2D eigenvalue weighted by Crippen LogP contribution is 2.28. The van der Waals surface area contributed by atoms with Gasteiger partial charge in [-0.2, -0.15) is 0 Å². The van der Waals surface area contributed by atoms with Gasteiger partial charge >= 0.3 is 5.97 Å². The first-order chi connectivity index (χ1) is 9.58. The van der Waals surface area contributed by atoms with Gasteiger partial charge in [-0.05, 0) is 30.5 Å². The van der Waals surface area contributed by atoms with E-state index in [-0.39, 0.29) is 17.4 Å². The Balaban J connectivity index is 1.70. The van der Waals surface area contributed by atoms with E-state index >= 15 is 0 Å². The van der Waals surface area contributed by atoms with Crippen LogP contribution in [0.1, 0.15) is 28.8 Å². The van der Waals surface area contributed by atoms with Gasteiger partial charge in [0.25, 0.3) is 0 Å². The van der Waals surface area contributed by atoms with Crippen molar-refractivity contribution in [2.24, 2.45) is 5.92 Å². The van der Waals surface area contributed by atoms with Gasteiger partial charge in [0, 0.05) is 30.0 Å². The largest absolute Gasteiger partial charge is 0.478 e. The molecule has 0 aromatic heterocycles. The number of benzene rings is 1. The van der Waals surface area contributed by atoms with Crippen LogP contribution in [0.25, 0.3) is 0 Å². The first-order valence-corrected chi connectivity index (χ1v) is 7.37. The first-order valence-electron chi connectivity index (χ1n) is 6.58. The molecule has 1 aromatic carbocycles. The van der Waals surface area contributed by atoms with Gasteiger partial charge in [-0.25, -0.2) is 4.79 Å². The Morgan fingerprint density at radius 2 is 2.05 bits per heavy atom. The SMILES string of the molecule is O=C(O)c1ccc(CNCCNC(=O)C2CC2)c(Br)c1. The van der Waals surface area contributed by atoms with Crippen LogP contribution in [0.15, 0.2) is 22.7 Å². The highest BCUT2D eigenvalue weighted by atomic mass is 79.9. The molecule has 2 rings (SSSR count). The summed E-state index contributed by atoms with van der Waals surface area (Å²) >= 11 is 3.36. The Morgan fingerprint density at radius 1 is 1.30 bits per heavy atom. The maximum Gasteiger partial charge on any atom is 0.335 e. The molecule has 1 aliphatic carbocycles. The number of rotatable bonds is 7. The van der Waals surface area contributed by atoms with Crippen molar-refractivity contribution in [1.82, 2.24) is 10.6 Å². The van der Waals surface area contributed by atoms with Crippen molar-refractivity contribution in [3.63, 3.8) is 0 Å². The molecule has 3 N–H and O–H groups in total. The van der Waals surface area contributed by atoms with Crippen LogP contribution in [0.2, 0.25) is 0 Å². The summed E-state index contributed by atoms with van der Waals surface area (Å²) in [6.07, 6.45) is 2.03. The van der Waals surface area contributed by atoms with E-state index in [1.54, 1.807) is 18.2 Å². The molecule has 0 spiro atoms. The van der Waals surface area contributed by atoms with Crippen LogP contribution in [0, 0.1) is 5.92 Å². The molecule has 0 saturated heterocycles. The van der Waals surface area contributed by atoms with E-state index in [1.807, 2.05) is 0 Å².